The third-order valence-corrected chi connectivity index (χ3v) is 3.44. The smallest absolute Gasteiger partial charge is 0.338 e. The van der Waals surface area contributed by atoms with Crippen molar-refractivity contribution in [2.75, 3.05) is 0 Å². The van der Waals surface area contributed by atoms with Crippen molar-refractivity contribution in [1.82, 2.24) is 9.97 Å². The van der Waals surface area contributed by atoms with E-state index >= 15 is 0 Å². The van der Waals surface area contributed by atoms with Crippen LogP contribution in [0.15, 0.2) is 34.2 Å². The number of hydrogen-bond donors (Lipinski definition) is 2. The lowest BCUT2D eigenvalue weighted by atomic mass is 10.1. The fraction of sp³-hybridized carbons (Fsp3) is 0.154. The summed E-state index contributed by atoms with van der Waals surface area (Å²) in [6, 6.07) is 5.55. The Morgan fingerprint density at radius 1 is 1.50 bits per heavy atom. The van der Waals surface area contributed by atoms with Crippen LogP contribution in [-0.4, -0.2) is 21.0 Å². The van der Waals surface area contributed by atoms with Crippen LogP contribution in [0.25, 0.3) is 0 Å². The lowest BCUT2D eigenvalue weighted by Gasteiger charge is -2.05. The standard InChI is InChI=1S/C13H11FN2O3S/c1-7-5-10(17)16-13(15-7)20-6-8-3-2-4-9(11(8)14)12(18)19/h2-5H,6H2,1H3,(H,18,19)(H,15,16,17). The van der Waals surface area contributed by atoms with Gasteiger partial charge < -0.3 is 10.1 Å². The van der Waals surface area contributed by atoms with E-state index in [0.29, 0.717) is 10.9 Å². The SMILES string of the molecule is Cc1cc(=O)[nH]c(SCc2cccc(C(=O)O)c2F)n1. The first-order valence-electron chi connectivity index (χ1n) is 5.69. The van der Waals surface area contributed by atoms with E-state index in [9.17, 15) is 14.0 Å². The van der Waals surface area contributed by atoms with Crippen LogP contribution < -0.4 is 5.56 Å². The highest BCUT2D eigenvalue weighted by Gasteiger charge is 2.14. The van der Waals surface area contributed by atoms with Gasteiger partial charge in [0.15, 0.2) is 5.16 Å². The second kappa shape index (κ2) is 5.87. The van der Waals surface area contributed by atoms with Crippen molar-refractivity contribution in [1.29, 1.82) is 0 Å². The molecule has 0 unspecified atom stereocenters. The Morgan fingerprint density at radius 3 is 2.90 bits per heavy atom. The fourth-order valence-corrected chi connectivity index (χ4v) is 2.52. The first-order valence-corrected chi connectivity index (χ1v) is 6.67. The number of halogens is 1. The zero-order chi connectivity index (χ0) is 14.7. The second-order valence-corrected chi connectivity index (χ2v) is 5.03. The van der Waals surface area contributed by atoms with Gasteiger partial charge in [0.2, 0.25) is 0 Å². The van der Waals surface area contributed by atoms with Crippen molar-refractivity contribution < 1.29 is 14.3 Å². The van der Waals surface area contributed by atoms with E-state index in [0.717, 1.165) is 11.8 Å². The number of thioether (sulfide) groups is 1. The molecule has 1 aromatic carbocycles. The third kappa shape index (κ3) is 3.24. The van der Waals surface area contributed by atoms with E-state index < -0.39 is 11.8 Å². The fourth-order valence-electron chi connectivity index (χ4n) is 1.62. The topological polar surface area (TPSA) is 83.0 Å². The molecule has 2 aromatic rings. The Kier molecular flexibility index (Phi) is 4.19. The molecule has 2 N–H and O–H groups in total. The van der Waals surface area contributed by atoms with E-state index in [2.05, 4.69) is 9.97 Å². The first kappa shape index (κ1) is 14.3. The van der Waals surface area contributed by atoms with Crippen LogP contribution in [0, 0.1) is 12.7 Å². The number of carboxylic acids is 1. The van der Waals surface area contributed by atoms with Crippen molar-refractivity contribution in [3.8, 4) is 0 Å². The van der Waals surface area contributed by atoms with Crippen molar-refractivity contribution in [2.45, 2.75) is 17.8 Å². The van der Waals surface area contributed by atoms with Crippen LogP contribution in [0.3, 0.4) is 0 Å². The molecule has 0 spiro atoms. The molecule has 0 fully saturated rings. The minimum Gasteiger partial charge on any atom is -0.478 e. The molecular weight excluding hydrogens is 283 g/mol. The lowest BCUT2D eigenvalue weighted by molar-refractivity contribution is 0.0691. The summed E-state index contributed by atoms with van der Waals surface area (Å²) in [5.74, 6) is -1.89. The molecule has 0 atom stereocenters. The summed E-state index contributed by atoms with van der Waals surface area (Å²) in [6.45, 7) is 1.69. The molecule has 0 aliphatic carbocycles. The Bertz CT molecular complexity index is 715. The average Bonchev–Trinajstić information content (AvgIpc) is 2.36. The van der Waals surface area contributed by atoms with Gasteiger partial charge in [0.05, 0.1) is 5.56 Å². The molecule has 1 heterocycles. The second-order valence-electron chi connectivity index (χ2n) is 4.06. The molecular formula is C13H11FN2O3S. The molecule has 5 nitrogen and oxygen atoms in total. The minimum atomic E-state index is -1.31. The molecule has 104 valence electrons. The van der Waals surface area contributed by atoms with Crippen molar-refractivity contribution in [3.63, 3.8) is 0 Å². The summed E-state index contributed by atoms with van der Waals surface area (Å²) < 4.78 is 13.9. The predicted molar refractivity (Wildman–Crippen MR) is 72.5 cm³/mol. The number of nitrogens with zero attached hydrogens (tertiary/aromatic N) is 1. The highest BCUT2D eigenvalue weighted by Crippen LogP contribution is 2.22. The van der Waals surface area contributed by atoms with Gasteiger partial charge in [0, 0.05) is 17.5 Å². The number of carboxylic acid groups (broad SMARTS) is 1. The number of carbonyl (C=O) groups is 1. The van der Waals surface area contributed by atoms with Gasteiger partial charge in [-0.05, 0) is 18.6 Å². The largest absolute Gasteiger partial charge is 0.478 e. The number of H-pyrrole nitrogens is 1. The van der Waals surface area contributed by atoms with Gasteiger partial charge in [-0.1, -0.05) is 23.9 Å². The monoisotopic (exact) mass is 294 g/mol. The molecule has 2 rings (SSSR count). The average molecular weight is 294 g/mol. The van der Waals surface area contributed by atoms with Gasteiger partial charge in [-0.2, -0.15) is 0 Å². The number of aromatic carboxylic acids is 1. The Hall–Kier alpha value is -2.15. The molecule has 0 bridgehead atoms. The first-order chi connectivity index (χ1) is 9.47. The number of rotatable bonds is 4. The van der Waals surface area contributed by atoms with Gasteiger partial charge in [-0.3, -0.25) is 4.79 Å². The van der Waals surface area contributed by atoms with Crippen LogP contribution >= 0.6 is 11.8 Å². The highest BCUT2D eigenvalue weighted by atomic mass is 32.2. The Balaban J connectivity index is 2.21. The molecule has 1 aromatic heterocycles. The van der Waals surface area contributed by atoms with Gasteiger partial charge in [0.1, 0.15) is 5.82 Å². The number of aromatic amines is 1. The van der Waals surface area contributed by atoms with E-state index in [4.69, 9.17) is 5.11 Å². The summed E-state index contributed by atoms with van der Waals surface area (Å²) in [5.41, 5.74) is 0.170. The number of benzene rings is 1. The van der Waals surface area contributed by atoms with E-state index in [1.54, 1.807) is 6.92 Å². The van der Waals surface area contributed by atoms with Gasteiger partial charge in [-0.25, -0.2) is 14.2 Å². The minimum absolute atomic E-state index is 0.180. The molecule has 0 aliphatic heterocycles. The van der Waals surface area contributed by atoms with Crippen LogP contribution in [0.5, 0.6) is 0 Å². The molecule has 7 heteroatoms. The van der Waals surface area contributed by atoms with Crippen molar-refractivity contribution in [2.24, 2.45) is 0 Å². The molecule has 0 aliphatic rings. The zero-order valence-electron chi connectivity index (χ0n) is 10.5. The summed E-state index contributed by atoms with van der Waals surface area (Å²) in [7, 11) is 0. The maximum absolute atomic E-state index is 13.9. The summed E-state index contributed by atoms with van der Waals surface area (Å²) in [4.78, 5) is 28.7. The predicted octanol–water partition coefficient (Wildman–Crippen LogP) is 2.21. The Morgan fingerprint density at radius 2 is 2.25 bits per heavy atom. The number of hydrogen-bond acceptors (Lipinski definition) is 4. The van der Waals surface area contributed by atoms with Gasteiger partial charge in [-0.15, -0.1) is 0 Å². The molecule has 20 heavy (non-hydrogen) atoms. The lowest BCUT2D eigenvalue weighted by Crippen LogP contribution is -2.08. The van der Waals surface area contributed by atoms with E-state index in [-0.39, 0.29) is 22.4 Å². The maximum Gasteiger partial charge on any atom is 0.338 e. The quantitative estimate of drug-likeness (QED) is 0.667. The van der Waals surface area contributed by atoms with Crippen LogP contribution in [0.2, 0.25) is 0 Å². The van der Waals surface area contributed by atoms with Crippen LogP contribution in [0.1, 0.15) is 21.6 Å². The number of nitrogens with one attached hydrogen (secondary N) is 1. The number of aromatic nitrogens is 2. The molecule has 0 radical (unpaired) electrons. The summed E-state index contributed by atoms with van der Waals surface area (Å²) >= 11 is 1.14. The summed E-state index contributed by atoms with van der Waals surface area (Å²) in [6.07, 6.45) is 0. The molecule has 0 saturated heterocycles. The van der Waals surface area contributed by atoms with E-state index in [1.807, 2.05) is 0 Å². The molecule has 0 amide bonds. The van der Waals surface area contributed by atoms with Gasteiger partial charge in [0.25, 0.3) is 5.56 Å². The van der Waals surface area contributed by atoms with Crippen molar-refractivity contribution in [3.05, 3.63) is 57.3 Å². The third-order valence-electron chi connectivity index (χ3n) is 2.52. The van der Waals surface area contributed by atoms with Crippen molar-refractivity contribution >= 4 is 17.7 Å². The summed E-state index contributed by atoms with van der Waals surface area (Å²) in [5, 5.41) is 9.21. The van der Waals surface area contributed by atoms with Gasteiger partial charge >= 0.3 is 5.97 Å². The van der Waals surface area contributed by atoms with Crippen LogP contribution in [-0.2, 0) is 5.75 Å². The maximum atomic E-state index is 13.9. The highest BCUT2D eigenvalue weighted by molar-refractivity contribution is 7.98. The van der Waals surface area contributed by atoms with E-state index in [1.165, 1.54) is 24.3 Å². The molecule has 0 saturated carbocycles. The van der Waals surface area contributed by atoms with Crippen LogP contribution in [0.4, 0.5) is 4.39 Å². The Labute approximate surface area is 117 Å². The number of aryl methyl sites for hydroxylation is 1. The zero-order valence-corrected chi connectivity index (χ0v) is 11.3. The normalized spacial score (nSPS) is 10.5.